The number of rotatable bonds is 9. The van der Waals surface area contributed by atoms with Gasteiger partial charge in [-0.3, -0.25) is 9.78 Å². The topological polar surface area (TPSA) is 92.9 Å². The van der Waals surface area contributed by atoms with Crippen molar-refractivity contribution < 1.29 is 14.3 Å². The van der Waals surface area contributed by atoms with Crippen LogP contribution in [0.2, 0.25) is 0 Å². The molecule has 0 saturated heterocycles. The molecule has 8 bridgehead atoms. The van der Waals surface area contributed by atoms with Crippen LogP contribution in [0.25, 0.3) is 33.7 Å². The molecule has 0 amide bonds. The number of hydrogen-bond donors (Lipinski definition) is 2. The van der Waals surface area contributed by atoms with Crippen LogP contribution in [0.15, 0.2) is 18.2 Å². The number of halogens is 1. The van der Waals surface area contributed by atoms with Gasteiger partial charge in [0.2, 0.25) is 0 Å². The van der Waals surface area contributed by atoms with Crippen LogP contribution in [0, 0.1) is 20.8 Å². The van der Waals surface area contributed by atoms with Crippen LogP contribution in [-0.2, 0) is 20.7 Å². The fourth-order valence-electron chi connectivity index (χ4n) is 6.72. The van der Waals surface area contributed by atoms with E-state index in [0.29, 0.717) is 19.4 Å². The Hall–Kier alpha value is -3.23. The Kier molecular flexibility index (Phi) is 9.80. The van der Waals surface area contributed by atoms with E-state index in [1.165, 1.54) is 18.2 Å². The molecule has 5 rings (SSSR count). The summed E-state index contributed by atoms with van der Waals surface area (Å²) in [5, 5.41) is 0.911. The van der Waals surface area contributed by atoms with E-state index in [2.05, 4.69) is 98.6 Å². The second kappa shape index (κ2) is 13.4. The van der Waals surface area contributed by atoms with Gasteiger partial charge in [0.25, 0.3) is 0 Å². The SMILES string of the molecule is CCc1c(C)c2cc3[nH]c(cc4nc(c(C)c5nc(cc1[nH]2)C(C)=C5)[C@@H](CCC(=O)OC)[C@@H]4C)c(C)c3C(C)OCCCBr. The summed E-state index contributed by atoms with van der Waals surface area (Å²) in [4.78, 5) is 30.0. The van der Waals surface area contributed by atoms with Gasteiger partial charge in [-0.1, -0.05) is 29.8 Å². The maximum atomic E-state index is 12.2. The predicted molar refractivity (Wildman–Crippen MR) is 183 cm³/mol. The van der Waals surface area contributed by atoms with E-state index < -0.39 is 0 Å². The first kappa shape index (κ1) is 32.2. The highest BCUT2D eigenvalue weighted by molar-refractivity contribution is 9.09. The number of aromatic nitrogens is 4. The smallest absolute Gasteiger partial charge is 0.305 e. The molecule has 0 fully saturated rings. The zero-order valence-electron chi connectivity index (χ0n) is 27.3. The molecule has 2 aliphatic heterocycles. The molecule has 3 aromatic rings. The maximum Gasteiger partial charge on any atom is 0.305 e. The lowest BCUT2D eigenvalue weighted by atomic mass is 9.86. The standard InChI is InChI=1S/C36H45BrN4O3/c1-9-25-20(3)29-18-33-35(24(7)44-14-10-13-37)22(5)31(40-33)17-30-21(4)26(11-12-34(42)43-8)36(41-30)23(6)28-15-19(2)27(38-28)16-32(25)39-29/h15-18,21,24,26,39-40H,9-14H2,1-8H3/t21-,24?,26-/m0/s1. The quantitative estimate of drug-likeness (QED) is 0.136. The summed E-state index contributed by atoms with van der Waals surface area (Å²) < 4.78 is 11.3. The second-order valence-electron chi connectivity index (χ2n) is 12.2. The van der Waals surface area contributed by atoms with Gasteiger partial charge in [-0.15, -0.1) is 0 Å². The number of ether oxygens (including phenoxy) is 2. The normalized spacial score (nSPS) is 17.1. The van der Waals surface area contributed by atoms with Crippen molar-refractivity contribution in [3.05, 3.63) is 68.8 Å². The molecule has 0 radical (unpaired) electrons. The molecule has 44 heavy (non-hydrogen) atoms. The molecule has 2 aliphatic rings. The van der Waals surface area contributed by atoms with Crippen molar-refractivity contribution in [1.29, 1.82) is 0 Å². The Balaban J connectivity index is 1.85. The van der Waals surface area contributed by atoms with Gasteiger partial charge >= 0.3 is 5.97 Å². The van der Waals surface area contributed by atoms with Crippen molar-refractivity contribution in [2.24, 2.45) is 0 Å². The summed E-state index contributed by atoms with van der Waals surface area (Å²) in [5.74, 6) is -0.00336. The predicted octanol–water partition coefficient (Wildman–Crippen LogP) is 9.07. The monoisotopic (exact) mass is 660 g/mol. The van der Waals surface area contributed by atoms with Crippen LogP contribution in [-0.4, -0.2) is 45.0 Å². The molecule has 2 N–H and O–H groups in total. The van der Waals surface area contributed by atoms with E-state index in [1.54, 1.807) is 0 Å². The molecule has 5 heterocycles. The number of alkyl halides is 1. The van der Waals surface area contributed by atoms with Gasteiger partial charge in [-0.25, -0.2) is 4.98 Å². The van der Waals surface area contributed by atoms with E-state index in [4.69, 9.17) is 19.4 Å². The Bertz CT molecular complexity index is 1770. The molecule has 1 unspecified atom stereocenters. The highest BCUT2D eigenvalue weighted by Crippen LogP contribution is 2.42. The van der Waals surface area contributed by atoms with Gasteiger partial charge in [0.1, 0.15) is 0 Å². The van der Waals surface area contributed by atoms with E-state index >= 15 is 0 Å². The van der Waals surface area contributed by atoms with Crippen LogP contribution >= 0.6 is 15.9 Å². The summed E-state index contributed by atoms with van der Waals surface area (Å²) in [5.41, 5.74) is 15.1. The number of carbonyl (C=O) groups is 1. The first-order valence-electron chi connectivity index (χ1n) is 15.7. The van der Waals surface area contributed by atoms with Crippen molar-refractivity contribution in [3.63, 3.8) is 0 Å². The van der Waals surface area contributed by atoms with Crippen molar-refractivity contribution in [2.75, 3.05) is 19.0 Å². The van der Waals surface area contributed by atoms with Crippen LogP contribution in [0.4, 0.5) is 0 Å². The molecular formula is C36H45BrN4O3. The van der Waals surface area contributed by atoms with Gasteiger partial charge in [0.05, 0.1) is 24.6 Å². The number of nitrogens with zero attached hydrogens (tertiary/aromatic N) is 2. The number of hydrogen-bond acceptors (Lipinski definition) is 5. The number of aromatic amines is 2. The van der Waals surface area contributed by atoms with Crippen molar-refractivity contribution >= 4 is 55.6 Å². The average Bonchev–Trinajstić information content (AvgIpc) is 3.70. The third-order valence-electron chi connectivity index (χ3n) is 9.41. The molecule has 3 aromatic heterocycles. The van der Waals surface area contributed by atoms with Crippen molar-refractivity contribution in [1.82, 2.24) is 19.9 Å². The fourth-order valence-corrected chi connectivity index (χ4v) is 6.95. The summed E-state index contributed by atoms with van der Waals surface area (Å²) >= 11 is 3.53. The molecule has 8 heteroatoms. The second-order valence-corrected chi connectivity index (χ2v) is 12.9. The van der Waals surface area contributed by atoms with Crippen LogP contribution in [0.5, 0.6) is 0 Å². The highest BCUT2D eigenvalue weighted by atomic mass is 79.9. The third-order valence-corrected chi connectivity index (χ3v) is 9.97. The molecule has 0 saturated carbocycles. The molecule has 0 aliphatic carbocycles. The van der Waals surface area contributed by atoms with Crippen LogP contribution in [0.1, 0.15) is 115 Å². The van der Waals surface area contributed by atoms with E-state index in [0.717, 1.165) is 85.3 Å². The van der Waals surface area contributed by atoms with E-state index in [9.17, 15) is 4.79 Å². The van der Waals surface area contributed by atoms with Gasteiger partial charge < -0.3 is 19.4 Å². The number of fused-ring (bicyclic) bond motifs is 8. The molecule has 234 valence electrons. The Morgan fingerprint density at radius 3 is 2.43 bits per heavy atom. The van der Waals surface area contributed by atoms with Crippen molar-refractivity contribution in [2.45, 2.75) is 92.1 Å². The lowest BCUT2D eigenvalue weighted by molar-refractivity contribution is -0.140. The van der Waals surface area contributed by atoms with E-state index in [1.807, 2.05) is 0 Å². The zero-order chi connectivity index (χ0) is 31.7. The van der Waals surface area contributed by atoms with Gasteiger partial charge in [0, 0.05) is 69.2 Å². The number of aryl methyl sites for hydroxylation is 3. The number of allylic oxidation sites excluding steroid dienone is 1. The lowest BCUT2D eigenvalue weighted by Gasteiger charge is -2.16. The average molecular weight is 662 g/mol. The molecule has 0 spiro atoms. The van der Waals surface area contributed by atoms with Gasteiger partial charge in [0.15, 0.2) is 0 Å². The number of H-pyrrole nitrogens is 2. The number of methoxy groups -OCH3 is 1. The fraction of sp³-hybridized carbons (Fsp3) is 0.472. The number of nitrogens with one attached hydrogen (secondary N) is 2. The summed E-state index contributed by atoms with van der Waals surface area (Å²) in [6.45, 7) is 15.8. The summed E-state index contributed by atoms with van der Waals surface area (Å²) in [6, 6.07) is 6.60. The van der Waals surface area contributed by atoms with Gasteiger partial charge in [-0.2, -0.15) is 0 Å². The third kappa shape index (κ3) is 6.16. The first-order chi connectivity index (χ1) is 21.1. The molecule has 0 aromatic carbocycles. The maximum absolute atomic E-state index is 12.2. The largest absolute Gasteiger partial charge is 0.469 e. The number of carbonyl (C=O) groups excluding carboxylic acids is 1. The Morgan fingerprint density at radius 2 is 1.73 bits per heavy atom. The van der Waals surface area contributed by atoms with Crippen LogP contribution in [0.3, 0.4) is 0 Å². The number of esters is 1. The minimum absolute atomic E-state index is 0.0765. The zero-order valence-corrected chi connectivity index (χ0v) is 28.9. The Morgan fingerprint density at radius 1 is 1.00 bits per heavy atom. The molecular weight excluding hydrogens is 616 g/mol. The van der Waals surface area contributed by atoms with Crippen LogP contribution < -0.4 is 0 Å². The Labute approximate surface area is 269 Å². The molecule has 7 nitrogen and oxygen atoms in total. The minimum atomic E-state index is -0.199. The minimum Gasteiger partial charge on any atom is -0.469 e. The summed E-state index contributed by atoms with van der Waals surface area (Å²) in [6.07, 6.45) is 4.94. The van der Waals surface area contributed by atoms with E-state index in [-0.39, 0.29) is 23.9 Å². The molecule has 3 atom stereocenters. The summed E-state index contributed by atoms with van der Waals surface area (Å²) in [7, 11) is 1.45. The highest BCUT2D eigenvalue weighted by Gasteiger charge is 2.31. The van der Waals surface area contributed by atoms with Gasteiger partial charge in [-0.05, 0) is 106 Å². The van der Waals surface area contributed by atoms with Crippen molar-refractivity contribution in [3.8, 4) is 0 Å². The first-order valence-corrected chi connectivity index (χ1v) is 16.9. The lowest BCUT2D eigenvalue weighted by Crippen LogP contribution is -2.08.